The van der Waals surface area contributed by atoms with Gasteiger partial charge in [0.15, 0.2) is 0 Å². The first-order valence-corrected chi connectivity index (χ1v) is 8.06. The Hall–Kier alpha value is -2.48. The molecule has 1 atom stereocenters. The summed E-state index contributed by atoms with van der Waals surface area (Å²) in [5.41, 5.74) is 0.424. The van der Waals surface area contributed by atoms with Crippen molar-refractivity contribution in [3.8, 4) is 0 Å². The number of amides is 1. The predicted molar refractivity (Wildman–Crippen MR) is 88.8 cm³/mol. The molecule has 0 radical (unpaired) electrons. The van der Waals surface area contributed by atoms with Crippen LogP contribution in [0.3, 0.4) is 0 Å². The zero-order valence-corrected chi connectivity index (χ0v) is 13.9. The lowest BCUT2D eigenvalue weighted by Gasteiger charge is -2.24. The number of hydrogen-bond acceptors (Lipinski definition) is 6. The molecule has 0 saturated carbocycles. The molecule has 0 bridgehead atoms. The summed E-state index contributed by atoms with van der Waals surface area (Å²) in [5, 5.41) is 17.6. The third kappa shape index (κ3) is 3.53. The van der Waals surface area contributed by atoms with E-state index in [1.807, 2.05) is 24.8 Å². The van der Waals surface area contributed by atoms with E-state index in [1.54, 1.807) is 10.9 Å². The average molecular weight is 330 g/mol. The Balaban J connectivity index is 1.58. The molecular weight excluding hydrogens is 308 g/mol. The molecular formula is C16H22N6O2. The van der Waals surface area contributed by atoms with Crippen molar-refractivity contribution in [2.75, 3.05) is 24.5 Å². The average Bonchev–Trinajstić information content (AvgIpc) is 3.20. The van der Waals surface area contributed by atoms with Crippen LogP contribution in [-0.2, 0) is 6.54 Å². The van der Waals surface area contributed by atoms with E-state index in [9.17, 15) is 9.90 Å². The maximum absolute atomic E-state index is 12.2. The Morgan fingerprint density at radius 2 is 2.29 bits per heavy atom. The summed E-state index contributed by atoms with van der Waals surface area (Å²) < 4.78 is 1.69. The molecule has 1 saturated heterocycles. The molecule has 2 aromatic heterocycles. The summed E-state index contributed by atoms with van der Waals surface area (Å²) in [6.45, 7) is 5.90. The van der Waals surface area contributed by atoms with E-state index < -0.39 is 5.60 Å². The molecule has 3 heterocycles. The highest BCUT2D eigenvalue weighted by atomic mass is 16.3. The molecule has 2 N–H and O–H groups in total. The third-order valence-corrected chi connectivity index (χ3v) is 4.24. The Kier molecular flexibility index (Phi) is 4.48. The largest absolute Gasteiger partial charge is 0.386 e. The van der Waals surface area contributed by atoms with Gasteiger partial charge >= 0.3 is 0 Å². The molecule has 1 unspecified atom stereocenters. The van der Waals surface area contributed by atoms with E-state index in [-0.39, 0.29) is 12.5 Å². The zero-order chi connectivity index (χ0) is 17.2. The first-order valence-electron chi connectivity index (χ1n) is 8.06. The lowest BCUT2D eigenvalue weighted by Crippen LogP contribution is -2.45. The second kappa shape index (κ2) is 6.56. The number of carbonyl (C=O) groups is 1. The molecule has 8 nitrogen and oxygen atoms in total. The monoisotopic (exact) mass is 330 g/mol. The van der Waals surface area contributed by atoms with Crippen LogP contribution in [0, 0.1) is 6.92 Å². The minimum Gasteiger partial charge on any atom is -0.386 e. The van der Waals surface area contributed by atoms with Gasteiger partial charge in [0.1, 0.15) is 17.7 Å². The molecule has 1 aliphatic rings. The highest BCUT2D eigenvalue weighted by molar-refractivity contribution is 5.93. The quantitative estimate of drug-likeness (QED) is 0.822. The standard InChI is InChI=1S/C16H22N6O2/c1-3-22-8-13(7-20-22)15(23)17-9-16(24)4-5-21(10-16)14-6-12(2)18-11-19-14/h6-8,11,24H,3-5,9-10H2,1-2H3,(H,17,23). The van der Waals surface area contributed by atoms with E-state index in [2.05, 4.69) is 20.4 Å². The normalized spacial score (nSPS) is 20.4. The Labute approximate surface area is 140 Å². The maximum Gasteiger partial charge on any atom is 0.254 e. The Bertz CT molecular complexity index is 731. The van der Waals surface area contributed by atoms with E-state index in [4.69, 9.17) is 0 Å². The Morgan fingerprint density at radius 1 is 1.46 bits per heavy atom. The van der Waals surface area contributed by atoms with Gasteiger partial charge in [-0.15, -0.1) is 0 Å². The number of hydrogen-bond donors (Lipinski definition) is 2. The van der Waals surface area contributed by atoms with Crippen LogP contribution in [0.5, 0.6) is 0 Å². The van der Waals surface area contributed by atoms with Gasteiger partial charge in [0.05, 0.1) is 11.8 Å². The number of aryl methyl sites for hydroxylation is 2. The van der Waals surface area contributed by atoms with Gasteiger partial charge in [0.25, 0.3) is 5.91 Å². The smallest absolute Gasteiger partial charge is 0.254 e. The molecule has 1 amide bonds. The molecule has 0 aromatic carbocycles. The van der Waals surface area contributed by atoms with Crippen LogP contribution in [0.25, 0.3) is 0 Å². The number of nitrogens with one attached hydrogen (secondary N) is 1. The van der Waals surface area contributed by atoms with Crippen molar-refractivity contribution >= 4 is 11.7 Å². The van der Waals surface area contributed by atoms with Gasteiger partial charge in [-0.05, 0) is 20.3 Å². The van der Waals surface area contributed by atoms with Crippen molar-refractivity contribution in [2.45, 2.75) is 32.4 Å². The molecule has 128 valence electrons. The molecule has 24 heavy (non-hydrogen) atoms. The summed E-state index contributed by atoms with van der Waals surface area (Å²) in [5.74, 6) is 0.577. The molecule has 0 aliphatic carbocycles. The van der Waals surface area contributed by atoms with Crippen LogP contribution >= 0.6 is 0 Å². The van der Waals surface area contributed by atoms with Crippen LogP contribution in [0.4, 0.5) is 5.82 Å². The van der Waals surface area contributed by atoms with Gasteiger partial charge in [0, 0.05) is 44.1 Å². The second-order valence-corrected chi connectivity index (χ2v) is 6.18. The number of β-amino-alcohol motifs (C(OH)–C–C–N with tert-alkyl or cyclic N) is 1. The van der Waals surface area contributed by atoms with Gasteiger partial charge in [-0.2, -0.15) is 5.10 Å². The topological polar surface area (TPSA) is 96.2 Å². The van der Waals surface area contributed by atoms with Crippen molar-refractivity contribution in [3.63, 3.8) is 0 Å². The van der Waals surface area contributed by atoms with Crippen molar-refractivity contribution < 1.29 is 9.90 Å². The fraction of sp³-hybridized carbons (Fsp3) is 0.500. The van der Waals surface area contributed by atoms with E-state index in [0.29, 0.717) is 31.6 Å². The molecule has 3 rings (SSSR count). The van der Waals surface area contributed by atoms with Crippen LogP contribution in [0.2, 0.25) is 0 Å². The van der Waals surface area contributed by atoms with Crippen LogP contribution in [0.1, 0.15) is 29.4 Å². The fourth-order valence-electron chi connectivity index (χ4n) is 2.81. The zero-order valence-electron chi connectivity index (χ0n) is 13.9. The minimum absolute atomic E-state index is 0.198. The number of anilines is 1. The maximum atomic E-state index is 12.2. The first kappa shape index (κ1) is 16.4. The van der Waals surface area contributed by atoms with Crippen molar-refractivity contribution in [2.24, 2.45) is 0 Å². The number of carbonyl (C=O) groups excluding carboxylic acids is 1. The third-order valence-electron chi connectivity index (χ3n) is 4.24. The molecule has 1 aliphatic heterocycles. The second-order valence-electron chi connectivity index (χ2n) is 6.18. The summed E-state index contributed by atoms with van der Waals surface area (Å²) in [4.78, 5) is 22.5. The number of aliphatic hydroxyl groups is 1. The van der Waals surface area contributed by atoms with Crippen molar-refractivity contribution in [3.05, 3.63) is 36.0 Å². The SMILES string of the molecule is CCn1cc(C(=O)NCC2(O)CCN(c3cc(C)ncn3)C2)cn1. The van der Waals surface area contributed by atoms with Crippen molar-refractivity contribution in [1.29, 1.82) is 0 Å². The van der Waals surface area contributed by atoms with Gasteiger partial charge < -0.3 is 15.3 Å². The van der Waals surface area contributed by atoms with Gasteiger partial charge in [0.2, 0.25) is 0 Å². The van der Waals surface area contributed by atoms with E-state index >= 15 is 0 Å². The van der Waals surface area contributed by atoms with Gasteiger partial charge in [-0.3, -0.25) is 9.48 Å². The Morgan fingerprint density at radius 3 is 3.00 bits per heavy atom. The van der Waals surface area contributed by atoms with E-state index in [0.717, 1.165) is 11.5 Å². The van der Waals surface area contributed by atoms with Crippen LogP contribution < -0.4 is 10.2 Å². The molecule has 8 heteroatoms. The minimum atomic E-state index is -0.963. The molecule has 0 spiro atoms. The summed E-state index contributed by atoms with van der Waals surface area (Å²) in [6.07, 6.45) is 5.33. The predicted octanol–water partition coefficient (Wildman–Crippen LogP) is 0.373. The highest BCUT2D eigenvalue weighted by Crippen LogP contribution is 2.25. The number of rotatable bonds is 5. The summed E-state index contributed by atoms with van der Waals surface area (Å²) >= 11 is 0. The number of aromatic nitrogens is 4. The molecule has 1 fully saturated rings. The lowest BCUT2D eigenvalue weighted by atomic mass is 10.0. The summed E-state index contributed by atoms with van der Waals surface area (Å²) in [6, 6.07) is 1.89. The van der Waals surface area contributed by atoms with Crippen LogP contribution in [-0.4, -0.2) is 56.0 Å². The van der Waals surface area contributed by atoms with E-state index in [1.165, 1.54) is 12.5 Å². The van der Waals surface area contributed by atoms with Crippen LogP contribution in [0.15, 0.2) is 24.8 Å². The molecule has 2 aromatic rings. The lowest BCUT2D eigenvalue weighted by molar-refractivity contribution is 0.0575. The fourth-order valence-corrected chi connectivity index (χ4v) is 2.81. The number of nitrogens with zero attached hydrogens (tertiary/aromatic N) is 5. The van der Waals surface area contributed by atoms with Gasteiger partial charge in [-0.25, -0.2) is 9.97 Å². The summed E-state index contributed by atoms with van der Waals surface area (Å²) in [7, 11) is 0. The first-order chi connectivity index (χ1) is 11.5. The van der Waals surface area contributed by atoms with Gasteiger partial charge in [-0.1, -0.05) is 0 Å². The highest BCUT2D eigenvalue weighted by Gasteiger charge is 2.37. The van der Waals surface area contributed by atoms with Crippen molar-refractivity contribution in [1.82, 2.24) is 25.1 Å².